The maximum Gasteiger partial charge on any atom is 0.319 e. The Morgan fingerprint density at radius 3 is 2.64 bits per heavy atom. The standard InChI is InChI=1S/C22H27N3O3/c1-4-25-18-14-17(10-11-19(18)28-15-22(2,3)20(25)26)24-21(27)23-13-12-16-8-6-5-7-9-16/h5-11,14H,4,12-13,15H2,1-3H3,(H2,23,24,27). The SMILES string of the molecule is CCN1C(=O)C(C)(C)COc2ccc(NC(=O)NCCc3ccccc3)cc21. The lowest BCUT2D eigenvalue weighted by Gasteiger charge is -2.27. The quantitative estimate of drug-likeness (QED) is 0.827. The normalized spacial score (nSPS) is 15.2. The number of rotatable bonds is 5. The summed E-state index contributed by atoms with van der Waals surface area (Å²) in [6, 6.07) is 15.1. The molecular formula is C22H27N3O3. The van der Waals surface area contributed by atoms with E-state index in [-0.39, 0.29) is 11.9 Å². The minimum atomic E-state index is -0.600. The van der Waals surface area contributed by atoms with Gasteiger partial charge in [-0.05, 0) is 51.0 Å². The van der Waals surface area contributed by atoms with E-state index in [1.54, 1.807) is 23.1 Å². The van der Waals surface area contributed by atoms with Gasteiger partial charge in [0.1, 0.15) is 12.4 Å². The Morgan fingerprint density at radius 2 is 1.93 bits per heavy atom. The van der Waals surface area contributed by atoms with Crippen molar-refractivity contribution in [1.29, 1.82) is 0 Å². The molecule has 2 N–H and O–H groups in total. The number of carbonyl (C=O) groups excluding carboxylic acids is 2. The summed E-state index contributed by atoms with van der Waals surface area (Å²) in [6.45, 7) is 7.08. The molecule has 0 fully saturated rings. The smallest absolute Gasteiger partial charge is 0.319 e. The molecule has 148 valence electrons. The predicted octanol–water partition coefficient (Wildman–Crippen LogP) is 3.82. The Labute approximate surface area is 165 Å². The largest absolute Gasteiger partial charge is 0.490 e. The molecule has 0 aliphatic carbocycles. The number of carbonyl (C=O) groups is 2. The number of hydrogen-bond donors (Lipinski definition) is 2. The summed E-state index contributed by atoms with van der Waals surface area (Å²) in [5, 5.41) is 5.69. The highest BCUT2D eigenvalue weighted by Crippen LogP contribution is 2.38. The van der Waals surface area contributed by atoms with E-state index in [4.69, 9.17) is 4.74 Å². The molecule has 0 aromatic heterocycles. The average Bonchev–Trinajstić information content (AvgIpc) is 2.77. The fourth-order valence-corrected chi connectivity index (χ4v) is 3.18. The maximum absolute atomic E-state index is 12.8. The van der Waals surface area contributed by atoms with Gasteiger partial charge in [0.25, 0.3) is 0 Å². The van der Waals surface area contributed by atoms with Crippen LogP contribution < -0.4 is 20.3 Å². The van der Waals surface area contributed by atoms with Crippen LogP contribution in [-0.4, -0.2) is 31.6 Å². The van der Waals surface area contributed by atoms with E-state index in [0.29, 0.717) is 36.8 Å². The number of amides is 3. The molecule has 0 bridgehead atoms. The van der Waals surface area contributed by atoms with Gasteiger partial charge < -0.3 is 20.3 Å². The zero-order valence-electron chi connectivity index (χ0n) is 16.6. The number of urea groups is 1. The third-order valence-electron chi connectivity index (χ3n) is 4.78. The zero-order chi connectivity index (χ0) is 20.1. The molecule has 3 rings (SSSR count). The van der Waals surface area contributed by atoms with Crippen LogP contribution in [0.15, 0.2) is 48.5 Å². The number of anilines is 2. The van der Waals surface area contributed by atoms with Gasteiger partial charge in [0, 0.05) is 18.8 Å². The Bertz CT molecular complexity index is 849. The first-order valence-electron chi connectivity index (χ1n) is 9.58. The number of ether oxygens (including phenoxy) is 1. The minimum absolute atomic E-state index is 0.0122. The van der Waals surface area contributed by atoms with E-state index in [0.717, 1.165) is 6.42 Å². The lowest BCUT2D eigenvalue weighted by atomic mass is 9.93. The molecule has 28 heavy (non-hydrogen) atoms. The molecule has 3 amide bonds. The van der Waals surface area contributed by atoms with Crippen LogP contribution in [0.25, 0.3) is 0 Å². The third kappa shape index (κ3) is 4.44. The summed E-state index contributed by atoms with van der Waals surface area (Å²) in [6.07, 6.45) is 0.763. The molecule has 1 aliphatic heterocycles. The van der Waals surface area contributed by atoms with Gasteiger partial charge in [-0.1, -0.05) is 30.3 Å². The Hall–Kier alpha value is -3.02. The van der Waals surface area contributed by atoms with Crippen molar-refractivity contribution in [2.75, 3.05) is 29.9 Å². The van der Waals surface area contributed by atoms with E-state index < -0.39 is 5.41 Å². The van der Waals surface area contributed by atoms with Crippen molar-refractivity contribution in [2.45, 2.75) is 27.2 Å². The van der Waals surface area contributed by atoms with Gasteiger partial charge in [0.15, 0.2) is 0 Å². The van der Waals surface area contributed by atoms with Crippen LogP contribution in [0.4, 0.5) is 16.2 Å². The van der Waals surface area contributed by atoms with Crippen molar-refractivity contribution in [3.8, 4) is 5.75 Å². The van der Waals surface area contributed by atoms with Crippen LogP contribution in [-0.2, 0) is 11.2 Å². The lowest BCUT2D eigenvalue weighted by Crippen LogP contribution is -2.42. The van der Waals surface area contributed by atoms with Crippen molar-refractivity contribution in [2.24, 2.45) is 5.41 Å². The molecule has 0 atom stereocenters. The van der Waals surface area contributed by atoms with Gasteiger partial charge in [-0.3, -0.25) is 4.79 Å². The van der Waals surface area contributed by atoms with Crippen LogP contribution in [0.3, 0.4) is 0 Å². The minimum Gasteiger partial charge on any atom is -0.490 e. The van der Waals surface area contributed by atoms with Gasteiger partial charge in [-0.2, -0.15) is 0 Å². The molecule has 0 saturated heterocycles. The van der Waals surface area contributed by atoms with Gasteiger partial charge in [-0.15, -0.1) is 0 Å². The van der Waals surface area contributed by atoms with E-state index >= 15 is 0 Å². The fourth-order valence-electron chi connectivity index (χ4n) is 3.18. The van der Waals surface area contributed by atoms with Crippen LogP contribution in [0, 0.1) is 5.41 Å². The average molecular weight is 381 g/mol. The van der Waals surface area contributed by atoms with Crippen LogP contribution in [0.2, 0.25) is 0 Å². The molecule has 6 heteroatoms. The number of nitrogens with one attached hydrogen (secondary N) is 2. The number of fused-ring (bicyclic) bond motifs is 1. The number of hydrogen-bond acceptors (Lipinski definition) is 3. The molecule has 0 spiro atoms. The highest BCUT2D eigenvalue weighted by Gasteiger charge is 2.37. The first-order chi connectivity index (χ1) is 13.4. The number of nitrogens with zero attached hydrogens (tertiary/aromatic N) is 1. The maximum atomic E-state index is 12.8. The first kappa shape index (κ1) is 19.7. The zero-order valence-corrected chi connectivity index (χ0v) is 16.6. The molecular weight excluding hydrogens is 354 g/mol. The Balaban J connectivity index is 1.66. The highest BCUT2D eigenvalue weighted by atomic mass is 16.5. The van der Waals surface area contributed by atoms with E-state index in [2.05, 4.69) is 10.6 Å². The van der Waals surface area contributed by atoms with Crippen molar-refractivity contribution in [3.63, 3.8) is 0 Å². The third-order valence-corrected chi connectivity index (χ3v) is 4.78. The van der Waals surface area contributed by atoms with Gasteiger partial charge in [-0.25, -0.2) is 4.79 Å². The second-order valence-corrected chi connectivity index (χ2v) is 7.52. The highest BCUT2D eigenvalue weighted by molar-refractivity contribution is 6.00. The van der Waals surface area contributed by atoms with Crippen LogP contribution in [0.5, 0.6) is 5.75 Å². The van der Waals surface area contributed by atoms with E-state index in [1.807, 2.05) is 51.1 Å². The topological polar surface area (TPSA) is 70.7 Å². The molecule has 0 unspecified atom stereocenters. The molecule has 2 aromatic carbocycles. The van der Waals surface area contributed by atoms with Crippen LogP contribution >= 0.6 is 0 Å². The molecule has 2 aromatic rings. The monoisotopic (exact) mass is 381 g/mol. The molecule has 1 heterocycles. The summed E-state index contributed by atoms with van der Waals surface area (Å²) >= 11 is 0. The summed E-state index contributed by atoms with van der Waals surface area (Å²) in [5.74, 6) is 0.661. The van der Waals surface area contributed by atoms with Gasteiger partial charge in [0.2, 0.25) is 5.91 Å². The van der Waals surface area contributed by atoms with E-state index in [9.17, 15) is 9.59 Å². The van der Waals surface area contributed by atoms with Gasteiger partial charge in [0.05, 0.1) is 11.1 Å². The molecule has 0 radical (unpaired) electrons. The summed E-state index contributed by atoms with van der Waals surface area (Å²) < 4.78 is 5.85. The summed E-state index contributed by atoms with van der Waals surface area (Å²) in [7, 11) is 0. The predicted molar refractivity (Wildman–Crippen MR) is 111 cm³/mol. The summed E-state index contributed by atoms with van der Waals surface area (Å²) in [5.41, 5.74) is 1.87. The molecule has 0 saturated carbocycles. The van der Waals surface area contributed by atoms with Crippen molar-refractivity contribution >= 4 is 23.3 Å². The van der Waals surface area contributed by atoms with Crippen LogP contribution in [0.1, 0.15) is 26.3 Å². The summed E-state index contributed by atoms with van der Waals surface area (Å²) in [4.78, 5) is 26.7. The first-order valence-corrected chi connectivity index (χ1v) is 9.58. The second kappa shape index (κ2) is 8.33. The number of benzene rings is 2. The molecule has 6 nitrogen and oxygen atoms in total. The Kier molecular flexibility index (Phi) is 5.87. The van der Waals surface area contributed by atoms with Crippen molar-refractivity contribution < 1.29 is 14.3 Å². The van der Waals surface area contributed by atoms with E-state index in [1.165, 1.54) is 5.56 Å². The lowest BCUT2D eigenvalue weighted by molar-refractivity contribution is -0.127. The second-order valence-electron chi connectivity index (χ2n) is 7.52. The van der Waals surface area contributed by atoms with Gasteiger partial charge >= 0.3 is 6.03 Å². The van der Waals surface area contributed by atoms with Crippen molar-refractivity contribution in [1.82, 2.24) is 5.32 Å². The fraction of sp³-hybridized carbons (Fsp3) is 0.364. The van der Waals surface area contributed by atoms with Crippen molar-refractivity contribution in [3.05, 3.63) is 54.1 Å². The molecule has 1 aliphatic rings. The Morgan fingerprint density at radius 1 is 1.18 bits per heavy atom.